The fourth-order valence-corrected chi connectivity index (χ4v) is 2.49. The van der Waals surface area contributed by atoms with Crippen LogP contribution in [0.4, 0.5) is 11.4 Å². The van der Waals surface area contributed by atoms with E-state index in [1.54, 1.807) is 24.3 Å². The number of rotatable bonds is 8. The predicted molar refractivity (Wildman–Crippen MR) is 94.1 cm³/mol. The average molecular weight is 334 g/mol. The minimum absolute atomic E-state index is 0.0474. The van der Waals surface area contributed by atoms with Crippen molar-refractivity contribution in [2.75, 3.05) is 56.6 Å². The second-order valence-corrected chi connectivity index (χ2v) is 5.76. The molecule has 1 fully saturated rings. The van der Waals surface area contributed by atoms with E-state index >= 15 is 0 Å². The number of nitrogens with one attached hydrogen (secondary N) is 3. The van der Waals surface area contributed by atoms with Crippen LogP contribution in [0.2, 0.25) is 0 Å². The Bertz CT molecular complexity index is 544. The molecule has 1 saturated heterocycles. The second-order valence-electron chi connectivity index (χ2n) is 5.76. The molecule has 1 aliphatic rings. The summed E-state index contributed by atoms with van der Waals surface area (Å²) in [5, 5.41) is 8.82. The van der Waals surface area contributed by atoms with E-state index < -0.39 is 0 Å². The lowest BCUT2D eigenvalue weighted by atomic mass is 10.2. The number of morpholine rings is 1. The van der Waals surface area contributed by atoms with Gasteiger partial charge in [-0.2, -0.15) is 0 Å². The van der Waals surface area contributed by atoms with E-state index in [1.165, 1.54) is 6.92 Å². The van der Waals surface area contributed by atoms with Crippen LogP contribution in [-0.2, 0) is 14.3 Å². The van der Waals surface area contributed by atoms with Crippen molar-refractivity contribution in [1.82, 2.24) is 10.2 Å². The Morgan fingerprint density at radius 3 is 2.54 bits per heavy atom. The Morgan fingerprint density at radius 1 is 1.12 bits per heavy atom. The lowest BCUT2D eigenvalue weighted by molar-refractivity contribution is -0.116. The topological polar surface area (TPSA) is 82.7 Å². The van der Waals surface area contributed by atoms with Gasteiger partial charge in [0.2, 0.25) is 11.8 Å². The molecule has 7 heteroatoms. The molecule has 0 aromatic heterocycles. The predicted octanol–water partition coefficient (Wildman–Crippen LogP) is 0.895. The molecular formula is C17H26N4O3. The quantitative estimate of drug-likeness (QED) is 0.615. The zero-order valence-corrected chi connectivity index (χ0v) is 14.1. The summed E-state index contributed by atoms with van der Waals surface area (Å²) in [4.78, 5) is 25.3. The number of carbonyl (C=O) groups is 2. The summed E-state index contributed by atoms with van der Waals surface area (Å²) in [5.74, 6) is -0.184. The smallest absolute Gasteiger partial charge is 0.225 e. The third-order valence-corrected chi connectivity index (χ3v) is 3.70. The molecule has 3 N–H and O–H groups in total. The molecule has 1 aromatic rings. The third-order valence-electron chi connectivity index (χ3n) is 3.70. The number of nitrogens with zero attached hydrogens (tertiary/aromatic N) is 1. The average Bonchev–Trinajstić information content (AvgIpc) is 2.55. The minimum atomic E-state index is -0.136. The van der Waals surface area contributed by atoms with E-state index in [0.29, 0.717) is 24.3 Å². The van der Waals surface area contributed by atoms with Gasteiger partial charge in [0.25, 0.3) is 0 Å². The molecule has 0 atom stereocenters. The highest BCUT2D eigenvalue weighted by molar-refractivity contribution is 5.93. The highest BCUT2D eigenvalue weighted by Crippen LogP contribution is 2.15. The van der Waals surface area contributed by atoms with Crippen LogP contribution in [0.25, 0.3) is 0 Å². The van der Waals surface area contributed by atoms with Crippen molar-refractivity contribution in [2.24, 2.45) is 0 Å². The van der Waals surface area contributed by atoms with Gasteiger partial charge in [-0.15, -0.1) is 0 Å². The van der Waals surface area contributed by atoms with Crippen LogP contribution in [0.15, 0.2) is 24.3 Å². The lowest BCUT2D eigenvalue weighted by Gasteiger charge is -2.26. The van der Waals surface area contributed by atoms with E-state index in [9.17, 15) is 9.59 Å². The zero-order valence-electron chi connectivity index (χ0n) is 14.1. The minimum Gasteiger partial charge on any atom is -0.379 e. The Balaban J connectivity index is 1.61. The molecule has 24 heavy (non-hydrogen) atoms. The molecule has 0 bridgehead atoms. The van der Waals surface area contributed by atoms with E-state index in [0.717, 1.165) is 39.4 Å². The highest BCUT2D eigenvalue weighted by Gasteiger charge is 2.09. The summed E-state index contributed by atoms with van der Waals surface area (Å²) in [6.45, 7) is 7.50. The Labute approximate surface area is 142 Å². The van der Waals surface area contributed by atoms with Gasteiger partial charge in [-0.3, -0.25) is 14.5 Å². The van der Waals surface area contributed by atoms with Gasteiger partial charge in [0.1, 0.15) is 0 Å². The summed E-state index contributed by atoms with van der Waals surface area (Å²) in [7, 11) is 0. The van der Waals surface area contributed by atoms with Gasteiger partial charge >= 0.3 is 0 Å². The molecule has 0 radical (unpaired) electrons. The van der Waals surface area contributed by atoms with Crippen LogP contribution in [0.5, 0.6) is 0 Å². The summed E-state index contributed by atoms with van der Waals surface area (Å²) >= 11 is 0. The molecular weight excluding hydrogens is 308 g/mol. The standard InChI is InChI=1S/C17H26N4O3/c1-14(22)19-15-3-2-4-16(13-15)20-17(23)5-6-18-7-8-21-9-11-24-12-10-21/h2-4,13,18H,5-12H2,1H3,(H,19,22)(H,20,23). The van der Waals surface area contributed by atoms with Gasteiger partial charge in [-0.1, -0.05) is 6.07 Å². The fourth-order valence-electron chi connectivity index (χ4n) is 2.49. The van der Waals surface area contributed by atoms with Gasteiger partial charge < -0.3 is 20.7 Å². The van der Waals surface area contributed by atoms with Crippen molar-refractivity contribution >= 4 is 23.2 Å². The first kappa shape index (κ1) is 18.4. The first-order valence-corrected chi connectivity index (χ1v) is 8.32. The maximum Gasteiger partial charge on any atom is 0.225 e. The van der Waals surface area contributed by atoms with E-state index in [1.807, 2.05) is 0 Å². The van der Waals surface area contributed by atoms with Crippen molar-refractivity contribution in [1.29, 1.82) is 0 Å². The zero-order chi connectivity index (χ0) is 17.2. The summed E-state index contributed by atoms with van der Waals surface area (Å²) in [6, 6.07) is 7.12. The molecule has 132 valence electrons. The van der Waals surface area contributed by atoms with E-state index in [4.69, 9.17) is 4.74 Å². The third kappa shape index (κ3) is 7.08. The Hall–Kier alpha value is -1.96. The normalized spacial score (nSPS) is 15.0. The van der Waals surface area contributed by atoms with Gasteiger partial charge in [0.15, 0.2) is 0 Å². The first-order chi connectivity index (χ1) is 11.6. The summed E-state index contributed by atoms with van der Waals surface area (Å²) < 4.78 is 5.31. The van der Waals surface area contributed by atoms with Crippen molar-refractivity contribution in [3.63, 3.8) is 0 Å². The molecule has 2 amide bonds. The van der Waals surface area contributed by atoms with Gasteiger partial charge in [-0.05, 0) is 18.2 Å². The SMILES string of the molecule is CC(=O)Nc1cccc(NC(=O)CCNCCN2CCOCC2)c1. The van der Waals surface area contributed by atoms with Crippen molar-refractivity contribution in [2.45, 2.75) is 13.3 Å². The number of benzene rings is 1. The summed E-state index contributed by atoms with van der Waals surface area (Å²) in [6.07, 6.45) is 0.410. The maximum atomic E-state index is 11.9. The first-order valence-electron chi connectivity index (χ1n) is 8.32. The Morgan fingerprint density at radius 2 is 1.83 bits per heavy atom. The van der Waals surface area contributed by atoms with Crippen LogP contribution in [0.1, 0.15) is 13.3 Å². The van der Waals surface area contributed by atoms with Crippen molar-refractivity contribution in [3.8, 4) is 0 Å². The summed E-state index contributed by atoms with van der Waals surface area (Å²) in [5.41, 5.74) is 1.35. The van der Waals surface area contributed by atoms with E-state index in [2.05, 4.69) is 20.9 Å². The molecule has 0 spiro atoms. The molecule has 1 aromatic carbocycles. The molecule has 1 heterocycles. The lowest BCUT2D eigenvalue weighted by Crippen LogP contribution is -2.40. The molecule has 2 rings (SSSR count). The van der Waals surface area contributed by atoms with Crippen LogP contribution in [-0.4, -0.2) is 62.7 Å². The number of ether oxygens (including phenoxy) is 1. The van der Waals surface area contributed by atoms with Crippen molar-refractivity contribution in [3.05, 3.63) is 24.3 Å². The molecule has 0 unspecified atom stereocenters. The number of hydrogen-bond donors (Lipinski definition) is 3. The number of carbonyl (C=O) groups excluding carboxylic acids is 2. The van der Waals surface area contributed by atoms with Crippen molar-refractivity contribution < 1.29 is 14.3 Å². The van der Waals surface area contributed by atoms with Crippen LogP contribution >= 0.6 is 0 Å². The molecule has 1 aliphatic heterocycles. The van der Waals surface area contributed by atoms with Gasteiger partial charge in [0.05, 0.1) is 13.2 Å². The molecule has 0 saturated carbocycles. The number of hydrogen-bond acceptors (Lipinski definition) is 5. The Kier molecular flexibility index (Phi) is 7.67. The maximum absolute atomic E-state index is 11.9. The van der Waals surface area contributed by atoms with Crippen LogP contribution in [0.3, 0.4) is 0 Å². The highest BCUT2D eigenvalue weighted by atomic mass is 16.5. The molecule has 0 aliphatic carbocycles. The fraction of sp³-hybridized carbons (Fsp3) is 0.529. The number of amides is 2. The molecule has 7 nitrogen and oxygen atoms in total. The second kappa shape index (κ2) is 10.0. The van der Waals surface area contributed by atoms with E-state index in [-0.39, 0.29) is 11.8 Å². The van der Waals surface area contributed by atoms with Gasteiger partial charge in [-0.25, -0.2) is 0 Å². The monoisotopic (exact) mass is 334 g/mol. The largest absolute Gasteiger partial charge is 0.379 e. The van der Waals surface area contributed by atoms with Crippen LogP contribution in [0, 0.1) is 0 Å². The van der Waals surface area contributed by atoms with Crippen LogP contribution < -0.4 is 16.0 Å². The van der Waals surface area contributed by atoms with Gasteiger partial charge in [0, 0.05) is 57.4 Å². The number of anilines is 2.